The largest absolute Gasteiger partial charge is 0.508 e. The van der Waals surface area contributed by atoms with E-state index in [1.54, 1.807) is 43.8 Å². The molecule has 0 fully saturated rings. The molecule has 4 aromatic rings. The number of hydrogen-bond donors (Lipinski definition) is 2. The molecule has 2 N–H and O–H groups in total. The summed E-state index contributed by atoms with van der Waals surface area (Å²) in [6, 6.07) is 18.5. The van der Waals surface area contributed by atoms with E-state index in [2.05, 4.69) is 4.98 Å². The zero-order chi connectivity index (χ0) is 18.1. The van der Waals surface area contributed by atoms with Gasteiger partial charge in [-0.1, -0.05) is 30.3 Å². The summed E-state index contributed by atoms with van der Waals surface area (Å²) >= 11 is 0. The van der Waals surface area contributed by atoms with Crippen LogP contribution >= 0.6 is 0 Å². The predicted octanol–water partition coefficient (Wildman–Crippen LogP) is 4.99. The number of aromatic hydroxyl groups is 2. The Morgan fingerprint density at radius 3 is 2.54 bits per heavy atom. The topological polar surface area (TPSA) is 62.6 Å². The molecule has 0 bridgehead atoms. The second-order valence-corrected chi connectivity index (χ2v) is 6.02. The van der Waals surface area contributed by atoms with Gasteiger partial charge in [-0.2, -0.15) is 0 Å². The Kier molecular flexibility index (Phi) is 3.93. The number of phenols is 2. The monoisotopic (exact) mass is 343 g/mol. The van der Waals surface area contributed by atoms with Crippen molar-refractivity contribution in [3.8, 4) is 39.5 Å². The molecular weight excluding hydrogens is 326 g/mol. The second kappa shape index (κ2) is 6.41. The summed E-state index contributed by atoms with van der Waals surface area (Å²) in [6.45, 7) is 0. The van der Waals surface area contributed by atoms with Crippen molar-refractivity contribution in [2.45, 2.75) is 0 Å². The maximum atomic E-state index is 10.5. The third-order valence-corrected chi connectivity index (χ3v) is 4.45. The van der Waals surface area contributed by atoms with Crippen molar-refractivity contribution in [2.75, 3.05) is 7.11 Å². The quantitative estimate of drug-likeness (QED) is 0.550. The predicted molar refractivity (Wildman–Crippen MR) is 102 cm³/mol. The van der Waals surface area contributed by atoms with Gasteiger partial charge in [-0.3, -0.25) is 4.98 Å². The van der Waals surface area contributed by atoms with Gasteiger partial charge in [0.1, 0.15) is 17.2 Å². The molecular formula is C22H17NO3. The number of benzene rings is 3. The van der Waals surface area contributed by atoms with Crippen LogP contribution in [-0.4, -0.2) is 22.3 Å². The van der Waals surface area contributed by atoms with Crippen LogP contribution in [0.2, 0.25) is 0 Å². The molecule has 0 aliphatic carbocycles. The summed E-state index contributed by atoms with van der Waals surface area (Å²) in [4.78, 5) is 4.17. The van der Waals surface area contributed by atoms with E-state index in [0.717, 1.165) is 27.5 Å². The van der Waals surface area contributed by atoms with Crippen LogP contribution in [0.4, 0.5) is 0 Å². The van der Waals surface area contributed by atoms with Crippen LogP contribution in [0.1, 0.15) is 0 Å². The maximum Gasteiger partial charge on any atom is 0.129 e. The van der Waals surface area contributed by atoms with Gasteiger partial charge >= 0.3 is 0 Å². The molecule has 1 heterocycles. The van der Waals surface area contributed by atoms with Gasteiger partial charge in [0, 0.05) is 23.5 Å². The first-order valence-electron chi connectivity index (χ1n) is 8.21. The molecule has 128 valence electrons. The van der Waals surface area contributed by atoms with Crippen LogP contribution < -0.4 is 4.74 Å². The number of fused-ring (bicyclic) bond motifs is 1. The highest BCUT2D eigenvalue weighted by atomic mass is 16.5. The fourth-order valence-corrected chi connectivity index (χ4v) is 3.21. The SMILES string of the molecule is COc1ccncc1-c1c(O)ccc2cc(-c3cccc(O)c3)ccc12. The molecule has 0 aliphatic heterocycles. The summed E-state index contributed by atoms with van der Waals surface area (Å²) in [6.07, 6.45) is 3.35. The fourth-order valence-electron chi connectivity index (χ4n) is 3.21. The molecule has 4 heteroatoms. The average Bonchev–Trinajstić information content (AvgIpc) is 2.67. The Morgan fingerprint density at radius 2 is 1.73 bits per heavy atom. The van der Waals surface area contributed by atoms with Gasteiger partial charge in [-0.05, 0) is 52.2 Å². The minimum Gasteiger partial charge on any atom is -0.508 e. The number of nitrogens with zero attached hydrogens (tertiary/aromatic N) is 1. The molecule has 0 atom stereocenters. The van der Waals surface area contributed by atoms with Crippen LogP contribution in [0.15, 0.2) is 73.1 Å². The lowest BCUT2D eigenvalue weighted by molar-refractivity contribution is 0.415. The van der Waals surface area contributed by atoms with Gasteiger partial charge < -0.3 is 14.9 Å². The molecule has 1 aromatic heterocycles. The maximum absolute atomic E-state index is 10.5. The molecule has 0 saturated heterocycles. The molecule has 0 unspecified atom stereocenters. The molecule has 0 amide bonds. The van der Waals surface area contributed by atoms with Crippen molar-refractivity contribution < 1.29 is 14.9 Å². The van der Waals surface area contributed by atoms with Crippen molar-refractivity contribution in [2.24, 2.45) is 0 Å². The van der Waals surface area contributed by atoms with Crippen molar-refractivity contribution >= 4 is 10.8 Å². The number of ether oxygens (including phenoxy) is 1. The van der Waals surface area contributed by atoms with Gasteiger partial charge in [0.15, 0.2) is 0 Å². The molecule has 4 nitrogen and oxygen atoms in total. The Bertz CT molecular complexity index is 1110. The van der Waals surface area contributed by atoms with Gasteiger partial charge in [-0.25, -0.2) is 0 Å². The smallest absolute Gasteiger partial charge is 0.129 e. The first-order chi connectivity index (χ1) is 12.7. The highest BCUT2D eigenvalue weighted by Gasteiger charge is 2.14. The minimum absolute atomic E-state index is 0.175. The minimum atomic E-state index is 0.175. The van der Waals surface area contributed by atoms with Crippen LogP contribution in [0.25, 0.3) is 33.0 Å². The van der Waals surface area contributed by atoms with Crippen molar-refractivity contribution in [3.05, 3.63) is 73.1 Å². The van der Waals surface area contributed by atoms with Crippen molar-refractivity contribution in [1.29, 1.82) is 0 Å². The zero-order valence-electron chi connectivity index (χ0n) is 14.2. The van der Waals surface area contributed by atoms with E-state index in [1.165, 1.54) is 0 Å². The highest BCUT2D eigenvalue weighted by Crippen LogP contribution is 2.41. The molecule has 0 spiro atoms. The lowest BCUT2D eigenvalue weighted by Gasteiger charge is -2.13. The third kappa shape index (κ3) is 2.71. The Hall–Kier alpha value is -3.53. The number of hydrogen-bond acceptors (Lipinski definition) is 4. The van der Waals surface area contributed by atoms with E-state index >= 15 is 0 Å². The average molecular weight is 343 g/mol. The van der Waals surface area contributed by atoms with Gasteiger partial charge in [-0.15, -0.1) is 0 Å². The first kappa shape index (κ1) is 16.0. The molecule has 4 rings (SSSR count). The summed E-state index contributed by atoms with van der Waals surface area (Å²) in [7, 11) is 1.60. The lowest BCUT2D eigenvalue weighted by Crippen LogP contribution is -1.91. The number of rotatable bonds is 3. The van der Waals surface area contributed by atoms with Gasteiger partial charge in [0.2, 0.25) is 0 Å². The first-order valence-corrected chi connectivity index (χ1v) is 8.21. The van der Waals surface area contributed by atoms with Crippen LogP contribution in [-0.2, 0) is 0 Å². The number of methoxy groups -OCH3 is 1. The van der Waals surface area contributed by atoms with Crippen molar-refractivity contribution in [3.63, 3.8) is 0 Å². The van der Waals surface area contributed by atoms with E-state index in [1.807, 2.05) is 36.4 Å². The fraction of sp³-hybridized carbons (Fsp3) is 0.0455. The summed E-state index contributed by atoms with van der Waals surface area (Å²) in [5.74, 6) is 1.06. The van der Waals surface area contributed by atoms with Gasteiger partial charge in [0.25, 0.3) is 0 Å². The van der Waals surface area contributed by atoms with E-state index in [9.17, 15) is 10.2 Å². The van der Waals surface area contributed by atoms with Crippen molar-refractivity contribution in [1.82, 2.24) is 4.98 Å². The van der Waals surface area contributed by atoms with Crippen LogP contribution in [0.3, 0.4) is 0 Å². The Morgan fingerprint density at radius 1 is 0.885 bits per heavy atom. The van der Waals surface area contributed by atoms with Gasteiger partial charge in [0.05, 0.1) is 7.11 Å². The van der Waals surface area contributed by atoms with Crippen LogP contribution in [0, 0.1) is 0 Å². The third-order valence-electron chi connectivity index (χ3n) is 4.45. The molecule has 26 heavy (non-hydrogen) atoms. The highest BCUT2D eigenvalue weighted by molar-refractivity contribution is 6.02. The molecule has 0 radical (unpaired) electrons. The van der Waals surface area contributed by atoms with E-state index in [4.69, 9.17) is 4.74 Å². The summed E-state index contributed by atoms with van der Waals surface area (Å²) < 4.78 is 5.43. The Labute approximate surface area is 151 Å². The van der Waals surface area contributed by atoms with Crippen LogP contribution in [0.5, 0.6) is 17.2 Å². The molecule has 3 aromatic carbocycles. The normalized spacial score (nSPS) is 10.8. The summed E-state index contributed by atoms with van der Waals surface area (Å²) in [5, 5.41) is 22.1. The number of phenolic OH excluding ortho intramolecular Hbond substituents is 2. The number of aromatic nitrogens is 1. The Balaban J connectivity index is 1.94. The zero-order valence-corrected chi connectivity index (χ0v) is 14.2. The second-order valence-electron chi connectivity index (χ2n) is 6.02. The standard InChI is InChI=1S/C22H17NO3/c1-26-21-9-10-23-13-19(21)22-18-7-5-15(11-16(18)6-8-20(22)25)14-3-2-4-17(24)12-14/h2-13,24-25H,1H3. The molecule has 0 saturated carbocycles. The summed E-state index contributed by atoms with van der Waals surface area (Å²) in [5.41, 5.74) is 3.35. The van der Waals surface area contributed by atoms with E-state index in [0.29, 0.717) is 11.3 Å². The van der Waals surface area contributed by atoms with E-state index in [-0.39, 0.29) is 11.5 Å². The number of pyridine rings is 1. The molecule has 0 aliphatic rings. The van der Waals surface area contributed by atoms with E-state index < -0.39 is 0 Å². The lowest BCUT2D eigenvalue weighted by atomic mass is 9.94.